The fourth-order valence-corrected chi connectivity index (χ4v) is 4.62. The quantitative estimate of drug-likeness (QED) is 0.855. The Morgan fingerprint density at radius 1 is 0.955 bits per heavy atom. The summed E-state index contributed by atoms with van der Waals surface area (Å²) >= 11 is 0. The predicted octanol–water partition coefficient (Wildman–Crippen LogP) is 2.95. The first-order chi connectivity index (χ1) is 10.4. The van der Waals surface area contributed by atoms with Crippen LogP contribution < -0.4 is 9.21 Å². The van der Waals surface area contributed by atoms with Gasteiger partial charge in [-0.3, -0.25) is 4.31 Å². The molecule has 4 nitrogen and oxygen atoms in total. The van der Waals surface area contributed by atoms with E-state index in [1.807, 2.05) is 57.3 Å². The molecule has 0 N–H and O–H groups in total. The number of rotatable bonds is 2. The van der Waals surface area contributed by atoms with Crippen molar-refractivity contribution in [2.75, 3.05) is 29.3 Å². The molecule has 116 valence electrons. The van der Waals surface area contributed by atoms with E-state index in [0.29, 0.717) is 18.0 Å². The van der Waals surface area contributed by atoms with Gasteiger partial charge < -0.3 is 4.90 Å². The molecule has 0 amide bonds. The van der Waals surface area contributed by atoms with Gasteiger partial charge in [0.15, 0.2) is 0 Å². The average molecular weight is 316 g/mol. The lowest BCUT2D eigenvalue weighted by Crippen LogP contribution is -2.42. The molecule has 2 aromatic rings. The highest BCUT2D eigenvalue weighted by molar-refractivity contribution is 7.93. The van der Waals surface area contributed by atoms with Crippen LogP contribution in [0.15, 0.2) is 47.4 Å². The Labute approximate surface area is 132 Å². The Balaban J connectivity index is 2.15. The van der Waals surface area contributed by atoms with E-state index in [9.17, 15) is 8.42 Å². The number of para-hydroxylation sites is 2. The van der Waals surface area contributed by atoms with Gasteiger partial charge in [0.05, 0.1) is 22.8 Å². The molecule has 0 radical (unpaired) electrons. The third kappa shape index (κ3) is 2.35. The van der Waals surface area contributed by atoms with Gasteiger partial charge in [-0.2, -0.15) is 0 Å². The molecule has 1 aliphatic rings. The van der Waals surface area contributed by atoms with Crippen LogP contribution in [0.1, 0.15) is 11.1 Å². The third-order valence-corrected chi connectivity index (χ3v) is 6.07. The molecule has 1 aliphatic heterocycles. The zero-order valence-electron chi connectivity index (χ0n) is 13.1. The lowest BCUT2D eigenvalue weighted by molar-refractivity contribution is 0.588. The van der Waals surface area contributed by atoms with Crippen LogP contribution in [0, 0.1) is 13.8 Å². The fraction of sp³-hybridized carbons (Fsp3) is 0.294. The molecule has 3 rings (SSSR count). The summed E-state index contributed by atoms with van der Waals surface area (Å²) in [6.07, 6.45) is 0. The summed E-state index contributed by atoms with van der Waals surface area (Å²) in [4.78, 5) is 2.48. The zero-order valence-corrected chi connectivity index (χ0v) is 13.9. The van der Waals surface area contributed by atoms with Crippen LogP contribution in [-0.2, 0) is 10.0 Å². The van der Waals surface area contributed by atoms with E-state index in [1.165, 1.54) is 4.31 Å². The van der Waals surface area contributed by atoms with E-state index in [2.05, 4.69) is 4.90 Å². The number of likely N-dealkylation sites (N-methyl/N-ethyl adjacent to an activating group) is 1. The minimum absolute atomic E-state index is 0.395. The summed E-state index contributed by atoms with van der Waals surface area (Å²) in [7, 11) is -1.56. The molecule has 1 heterocycles. The second-order valence-corrected chi connectivity index (χ2v) is 7.59. The Hall–Kier alpha value is -2.01. The van der Waals surface area contributed by atoms with Crippen molar-refractivity contribution < 1.29 is 8.42 Å². The topological polar surface area (TPSA) is 40.6 Å². The van der Waals surface area contributed by atoms with Gasteiger partial charge in [-0.05, 0) is 43.2 Å². The highest BCUT2D eigenvalue weighted by Crippen LogP contribution is 2.36. The molecule has 0 bridgehead atoms. The van der Waals surface area contributed by atoms with Crippen molar-refractivity contribution in [1.29, 1.82) is 0 Å². The number of hydrogen-bond acceptors (Lipinski definition) is 3. The van der Waals surface area contributed by atoms with Crippen molar-refractivity contribution in [3.05, 3.63) is 53.6 Å². The van der Waals surface area contributed by atoms with Crippen LogP contribution in [0.2, 0.25) is 0 Å². The largest absolute Gasteiger partial charge is 0.371 e. The number of fused-ring (bicyclic) bond motifs is 1. The Morgan fingerprint density at radius 3 is 2.36 bits per heavy atom. The van der Waals surface area contributed by atoms with Crippen molar-refractivity contribution in [3.63, 3.8) is 0 Å². The highest BCUT2D eigenvalue weighted by atomic mass is 32.2. The lowest BCUT2D eigenvalue weighted by atomic mass is 10.2. The first-order valence-electron chi connectivity index (χ1n) is 7.31. The number of hydrogen-bond donors (Lipinski definition) is 0. The smallest absolute Gasteiger partial charge is 0.264 e. The summed E-state index contributed by atoms with van der Waals surface area (Å²) in [6, 6.07) is 13.2. The standard InChI is InChI=1S/C17H20N2O2S/c1-13-8-9-14(2)17(12-13)22(20,21)19-11-10-18(3)15-6-4-5-7-16(15)19/h4-9,12H,10-11H2,1-3H3. The monoisotopic (exact) mass is 316 g/mol. The third-order valence-electron chi connectivity index (χ3n) is 4.11. The molecule has 0 aromatic heterocycles. The number of nitrogens with zero attached hydrogens (tertiary/aromatic N) is 2. The second-order valence-electron chi connectivity index (χ2n) is 5.76. The first kappa shape index (κ1) is 14.9. The molecule has 22 heavy (non-hydrogen) atoms. The SMILES string of the molecule is Cc1ccc(C)c(S(=O)(=O)N2CCN(C)c3ccccc32)c1. The second kappa shape index (κ2) is 5.32. The number of anilines is 2. The Bertz CT molecular complexity index is 815. The Morgan fingerprint density at radius 2 is 1.64 bits per heavy atom. The summed E-state index contributed by atoms with van der Waals surface area (Å²) in [5.74, 6) is 0. The maximum absolute atomic E-state index is 13.1. The molecular weight excluding hydrogens is 296 g/mol. The molecule has 0 aliphatic carbocycles. The van der Waals surface area contributed by atoms with Gasteiger partial charge in [0.25, 0.3) is 10.0 Å². The number of benzene rings is 2. The van der Waals surface area contributed by atoms with Crippen LogP contribution >= 0.6 is 0 Å². The van der Waals surface area contributed by atoms with Gasteiger partial charge in [0, 0.05) is 13.6 Å². The van der Waals surface area contributed by atoms with Crippen molar-refractivity contribution in [3.8, 4) is 0 Å². The van der Waals surface area contributed by atoms with Crippen LogP contribution in [0.25, 0.3) is 0 Å². The van der Waals surface area contributed by atoms with E-state index >= 15 is 0 Å². The molecule has 2 aromatic carbocycles. The molecule has 0 unspecified atom stereocenters. The van der Waals surface area contributed by atoms with Crippen molar-refractivity contribution >= 4 is 21.4 Å². The van der Waals surface area contributed by atoms with E-state index in [-0.39, 0.29) is 0 Å². The molecule has 0 saturated carbocycles. The summed E-state index contributed by atoms with van der Waals surface area (Å²) < 4.78 is 27.8. The maximum Gasteiger partial charge on any atom is 0.264 e. The van der Waals surface area contributed by atoms with Crippen LogP contribution in [0.3, 0.4) is 0 Å². The Kier molecular flexibility index (Phi) is 3.60. The predicted molar refractivity (Wildman–Crippen MR) is 90.2 cm³/mol. The highest BCUT2D eigenvalue weighted by Gasteiger charge is 2.31. The molecule has 0 saturated heterocycles. The van der Waals surface area contributed by atoms with Gasteiger partial charge >= 0.3 is 0 Å². The molecule has 0 spiro atoms. The molecular formula is C17H20N2O2S. The summed E-state index contributed by atoms with van der Waals surface area (Å²) in [6.45, 7) is 4.90. The first-order valence-corrected chi connectivity index (χ1v) is 8.75. The minimum atomic E-state index is -3.55. The molecule has 5 heteroatoms. The normalized spacial score (nSPS) is 14.9. The van der Waals surface area contributed by atoms with Gasteiger partial charge in [-0.25, -0.2) is 8.42 Å². The van der Waals surface area contributed by atoms with E-state index in [1.54, 1.807) is 6.07 Å². The van der Waals surface area contributed by atoms with E-state index in [0.717, 1.165) is 22.5 Å². The van der Waals surface area contributed by atoms with Gasteiger partial charge in [-0.15, -0.1) is 0 Å². The summed E-state index contributed by atoms with van der Waals surface area (Å²) in [5, 5.41) is 0. The average Bonchev–Trinajstić information content (AvgIpc) is 2.50. The van der Waals surface area contributed by atoms with Gasteiger partial charge in [-0.1, -0.05) is 24.3 Å². The van der Waals surface area contributed by atoms with Crippen molar-refractivity contribution in [2.45, 2.75) is 18.7 Å². The number of aryl methyl sites for hydroxylation is 2. The lowest BCUT2D eigenvalue weighted by Gasteiger charge is -2.36. The van der Waals surface area contributed by atoms with E-state index < -0.39 is 10.0 Å². The van der Waals surface area contributed by atoms with Gasteiger partial charge in [0.1, 0.15) is 0 Å². The van der Waals surface area contributed by atoms with E-state index in [4.69, 9.17) is 0 Å². The number of sulfonamides is 1. The van der Waals surface area contributed by atoms with Crippen LogP contribution in [0.4, 0.5) is 11.4 Å². The van der Waals surface area contributed by atoms with Gasteiger partial charge in [0.2, 0.25) is 0 Å². The van der Waals surface area contributed by atoms with Crippen LogP contribution in [-0.4, -0.2) is 28.6 Å². The summed E-state index contributed by atoms with van der Waals surface area (Å²) in [5.41, 5.74) is 3.42. The zero-order chi connectivity index (χ0) is 15.9. The fourth-order valence-electron chi connectivity index (χ4n) is 2.83. The van der Waals surface area contributed by atoms with Crippen molar-refractivity contribution in [1.82, 2.24) is 0 Å². The molecule has 0 atom stereocenters. The maximum atomic E-state index is 13.1. The minimum Gasteiger partial charge on any atom is -0.371 e. The molecule has 0 fully saturated rings. The van der Waals surface area contributed by atoms with Crippen molar-refractivity contribution in [2.24, 2.45) is 0 Å². The van der Waals surface area contributed by atoms with Crippen LogP contribution in [0.5, 0.6) is 0 Å².